The van der Waals surface area contributed by atoms with Crippen LogP contribution in [0.2, 0.25) is 0 Å². The average Bonchev–Trinajstić information content (AvgIpc) is 3.60. The normalized spacial score (nSPS) is 16.9. The van der Waals surface area contributed by atoms with Gasteiger partial charge in [-0.3, -0.25) is 4.90 Å². The van der Waals surface area contributed by atoms with Crippen LogP contribution >= 0.6 is 0 Å². The number of piperazine rings is 1. The molecule has 0 unspecified atom stereocenters. The highest BCUT2D eigenvalue weighted by molar-refractivity contribution is 5.95. The average molecular weight is 439 g/mol. The predicted molar refractivity (Wildman–Crippen MR) is 134 cm³/mol. The van der Waals surface area contributed by atoms with E-state index in [9.17, 15) is 0 Å². The molecule has 0 radical (unpaired) electrons. The molecule has 2 aliphatic rings. The van der Waals surface area contributed by atoms with Crippen molar-refractivity contribution in [3.63, 3.8) is 0 Å². The number of nitrogens with one attached hydrogen (secondary N) is 3. The number of aromatic amines is 1. The quantitative estimate of drug-likeness (QED) is 0.397. The molecule has 1 saturated carbocycles. The fourth-order valence-electron chi connectivity index (χ4n) is 4.83. The summed E-state index contributed by atoms with van der Waals surface area (Å²) in [4.78, 5) is 15.4. The van der Waals surface area contributed by atoms with Crippen molar-refractivity contribution in [2.24, 2.45) is 0 Å². The van der Waals surface area contributed by atoms with Crippen LogP contribution in [0.3, 0.4) is 0 Å². The number of benzene rings is 2. The second-order valence-electron chi connectivity index (χ2n) is 9.36. The zero-order valence-electron chi connectivity index (χ0n) is 19.1. The van der Waals surface area contributed by atoms with Crippen LogP contribution in [0.4, 0.5) is 11.6 Å². The van der Waals surface area contributed by atoms with Crippen LogP contribution < -0.4 is 10.6 Å². The number of rotatable bonds is 6. The third-order valence-electron chi connectivity index (χ3n) is 6.75. The summed E-state index contributed by atoms with van der Waals surface area (Å²) in [6.45, 7) is 7.41. The lowest BCUT2D eigenvalue weighted by Gasteiger charge is -2.27. The van der Waals surface area contributed by atoms with Gasteiger partial charge in [0.2, 0.25) is 5.95 Å². The molecule has 6 nitrogen and oxygen atoms in total. The first kappa shape index (κ1) is 20.4. The maximum absolute atomic E-state index is 4.93. The van der Waals surface area contributed by atoms with Crippen molar-refractivity contribution in [2.45, 2.75) is 32.2 Å². The summed E-state index contributed by atoms with van der Waals surface area (Å²) in [6.07, 6.45) is 6.55. The molecular formula is C27H30N6. The fourth-order valence-corrected chi connectivity index (χ4v) is 4.83. The van der Waals surface area contributed by atoms with Crippen LogP contribution in [0.25, 0.3) is 22.2 Å². The summed E-state index contributed by atoms with van der Waals surface area (Å²) in [5.41, 5.74) is 8.15. The Hall–Kier alpha value is -3.22. The van der Waals surface area contributed by atoms with Crippen molar-refractivity contribution in [1.29, 1.82) is 0 Å². The number of nitrogens with zero attached hydrogens (tertiary/aromatic N) is 3. The smallest absolute Gasteiger partial charge is 0.227 e. The molecule has 0 atom stereocenters. The van der Waals surface area contributed by atoms with Crippen LogP contribution in [0, 0.1) is 6.92 Å². The van der Waals surface area contributed by atoms with Crippen molar-refractivity contribution < 1.29 is 0 Å². The Bertz CT molecular complexity index is 1280. The van der Waals surface area contributed by atoms with E-state index in [1.165, 1.54) is 29.4 Å². The van der Waals surface area contributed by atoms with Gasteiger partial charge in [-0.1, -0.05) is 24.3 Å². The Balaban J connectivity index is 1.31. The van der Waals surface area contributed by atoms with Crippen molar-refractivity contribution >= 4 is 22.5 Å². The number of hydrogen-bond donors (Lipinski definition) is 3. The Morgan fingerprint density at radius 2 is 1.94 bits per heavy atom. The Kier molecular flexibility index (Phi) is 5.32. The maximum atomic E-state index is 4.93. The van der Waals surface area contributed by atoms with E-state index in [4.69, 9.17) is 4.98 Å². The largest absolute Gasteiger partial charge is 0.360 e. The molecule has 2 aromatic heterocycles. The molecule has 1 saturated heterocycles. The highest BCUT2D eigenvalue weighted by atomic mass is 15.2. The summed E-state index contributed by atoms with van der Waals surface area (Å²) >= 11 is 0. The molecule has 1 aliphatic carbocycles. The second kappa shape index (κ2) is 8.61. The number of hydrogen-bond acceptors (Lipinski definition) is 5. The van der Waals surface area contributed by atoms with E-state index >= 15 is 0 Å². The Labute approximate surface area is 194 Å². The predicted octanol–water partition coefficient (Wildman–Crippen LogP) is 4.96. The van der Waals surface area contributed by atoms with E-state index in [0.29, 0.717) is 11.9 Å². The molecule has 4 aromatic rings. The minimum atomic E-state index is 0.641. The molecule has 2 aromatic carbocycles. The zero-order valence-corrected chi connectivity index (χ0v) is 19.1. The van der Waals surface area contributed by atoms with Gasteiger partial charge in [0.15, 0.2) is 0 Å². The maximum Gasteiger partial charge on any atom is 0.227 e. The lowest BCUT2D eigenvalue weighted by Crippen LogP contribution is -2.42. The molecule has 168 valence electrons. The van der Waals surface area contributed by atoms with Crippen molar-refractivity contribution in [2.75, 3.05) is 31.5 Å². The molecular weight excluding hydrogens is 408 g/mol. The molecule has 0 amide bonds. The third-order valence-corrected chi connectivity index (χ3v) is 6.75. The van der Waals surface area contributed by atoms with Gasteiger partial charge in [0.05, 0.1) is 5.69 Å². The van der Waals surface area contributed by atoms with Crippen LogP contribution in [-0.2, 0) is 6.54 Å². The van der Waals surface area contributed by atoms with Crippen molar-refractivity contribution in [1.82, 2.24) is 25.2 Å². The SMILES string of the molecule is Cc1cnc(Nc2cc(CN3CCNCC3)cc(C3CC3)c2)nc1-c1c[nH]c2ccccc12. The highest BCUT2D eigenvalue weighted by Crippen LogP contribution is 2.41. The molecule has 3 heterocycles. The number of aryl methyl sites for hydroxylation is 1. The summed E-state index contributed by atoms with van der Waals surface area (Å²) in [5, 5.41) is 8.14. The van der Waals surface area contributed by atoms with Crippen LogP contribution in [0.15, 0.2) is 54.9 Å². The molecule has 0 spiro atoms. The number of para-hydroxylation sites is 1. The van der Waals surface area contributed by atoms with Crippen molar-refractivity contribution in [3.05, 3.63) is 71.5 Å². The van der Waals surface area contributed by atoms with E-state index in [2.05, 4.69) is 68.8 Å². The first-order chi connectivity index (χ1) is 16.2. The van der Waals surface area contributed by atoms with E-state index in [0.717, 1.165) is 60.7 Å². The zero-order chi connectivity index (χ0) is 22.2. The molecule has 33 heavy (non-hydrogen) atoms. The summed E-state index contributed by atoms with van der Waals surface area (Å²) in [6, 6.07) is 15.3. The Morgan fingerprint density at radius 1 is 1.09 bits per heavy atom. The van der Waals surface area contributed by atoms with Gasteiger partial charge < -0.3 is 15.6 Å². The van der Waals surface area contributed by atoms with Gasteiger partial charge in [-0.05, 0) is 60.6 Å². The van der Waals surface area contributed by atoms with E-state index in [1.807, 2.05) is 18.5 Å². The van der Waals surface area contributed by atoms with E-state index < -0.39 is 0 Å². The molecule has 3 N–H and O–H groups in total. The number of fused-ring (bicyclic) bond motifs is 1. The highest BCUT2D eigenvalue weighted by Gasteiger charge is 2.25. The molecule has 6 rings (SSSR count). The summed E-state index contributed by atoms with van der Waals surface area (Å²) in [5.74, 6) is 1.34. The minimum Gasteiger partial charge on any atom is -0.360 e. The number of H-pyrrole nitrogens is 1. The third kappa shape index (κ3) is 4.36. The summed E-state index contributed by atoms with van der Waals surface area (Å²) in [7, 11) is 0. The number of anilines is 2. The lowest BCUT2D eigenvalue weighted by molar-refractivity contribution is 0.233. The summed E-state index contributed by atoms with van der Waals surface area (Å²) < 4.78 is 0. The fraction of sp³-hybridized carbons (Fsp3) is 0.333. The molecule has 1 aliphatic heterocycles. The Morgan fingerprint density at radius 3 is 2.79 bits per heavy atom. The molecule has 0 bridgehead atoms. The van der Waals surface area contributed by atoms with Gasteiger partial charge in [-0.2, -0.15) is 0 Å². The second-order valence-corrected chi connectivity index (χ2v) is 9.36. The topological polar surface area (TPSA) is 68.9 Å². The van der Waals surface area contributed by atoms with Gasteiger partial charge in [0.25, 0.3) is 0 Å². The first-order valence-corrected chi connectivity index (χ1v) is 12.0. The number of aromatic nitrogens is 3. The van der Waals surface area contributed by atoms with Gasteiger partial charge in [0.1, 0.15) is 0 Å². The van der Waals surface area contributed by atoms with E-state index in [-0.39, 0.29) is 0 Å². The molecule has 2 fully saturated rings. The van der Waals surface area contributed by atoms with Gasteiger partial charge in [-0.15, -0.1) is 0 Å². The molecule has 6 heteroatoms. The van der Waals surface area contributed by atoms with Crippen LogP contribution in [0.1, 0.15) is 35.4 Å². The van der Waals surface area contributed by atoms with Gasteiger partial charge in [0, 0.05) is 67.3 Å². The van der Waals surface area contributed by atoms with Crippen molar-refractivity contribution in [3.8, 4) is 11.3 Å². The van der Waals surface area contributed by atoms with Gasteiger partial charge in [-0.25, -0.2) is 9.97 Å². The monoisotopic (exact) mass is 438 g/mol. The first-order valence-electron chi connectivity index (χ1n) is 12.0. The lowest BCUT2D eigenvalue weighted by atomic mass is 10.0. The van der Waals surface area contributed by atoms with Gasteiger partial charge >= 0.3 is 0 Å². The van der Waals surface area contributed by atoms with Crippen LogP contribution in [-0.4, -0.2) is 46.0 Å². The van der Waals surface area contributed by atoms with E-state index in [1.54, 1.807) is 0 Å². The van der Waals surface area contributed by atoms with Crippen LogP contribution in [0.5, 0.6) is 0 Å². The standard InChI is InChI=1S/C27H30N6/c1-18-15-30-27(32-26(18)24-16-29-25-5-3-2-4-23(24)25)31-22-13-19(12-21(14-22)20-6-7-20)17-33-10-8-28-9-11-33/h2-5,12-16,20,28-29H,6-11,17H2,1H3,(H,30,31,32). The minimum absolute atomic E-state index is 0.641.